The first-order valence-corrected chi connectivity index (χ1v) is 6.35. The molecule has 1 aliphatic heterocycles. The van der Waals surface area contributed by atoms with Crippen LogP contribution in [0.2, 0.25) is 0 Å². The van der Waals surface area contributed by atoms with Crippen LogP contribution >= 0.6 is 11.8 Å². The average Bonchev–Trinajstić information content (AvgIpc) is 2.77. The van der Waals surface area contributed by atoms with Crippen LogP contribution in [-0.4, -0.2) is 39.4 Å². The molecule has 4 nitrogen and oxygen atoms in total. The number of hydrogen-bond acceptors (Lipinski definition) is 4. The van der Waals surface area contributed by atoms with E-state index in [-0.39, 0.29) is 11.8 Å². The highest BCUT2D eigenvalue weighted by molar-refractivity contribution is 7.99. The van der Waals surface area contributed by atoms with Crippen LogP contribution in [0.15, 0.2) is 12.4 Å². The van der Waals surface area contributed by atoms with Gasteiger partial charge in [0.15, 0.2) is 5.82 Å². The molecule has 1 aromatic heterocycles. The molecule has 1 aliphatic rings. The van der Waals surface area contributed by atoms with Gasteiger partial charge in [-0.3, -0.25) is 4.79 Å². The first-order valence-electron chi connectivity index (χ1n) is 5.19. The lowest BCUT2D eigenvalue weighted by Crippen LogP contribution is -2.44. The van der Waals surface area contributed by atoms with Gasteiger partial charge in [0, 0.05) is 37.0 Å². The molecule has 0 saturated carbocycles. The fourth-order valence-corrected chi connectivity index (χ4v) is 2.61. The zero-order valence-electron chi connectivity index (χ0n) is 8.77. The summed E-state index contributed by atoms with van der Waals surface area (Å²) in [7, 11) is 0. The Morgan fingerprint density at radius 3 is 3.33 bits per heavy atom. The van der Waals surface area contributed by atoms with Crippen LogP contribution in [0, 0.1) is 0 Å². The zero-order valence-corrected chi connectivity index (χ0v) is 9.59. The van der Waals surface area contributed by atoms with Crippen molar-refractivity contribution in [1.82, 2.24) is 14.9 Å². The quantitative estimate of drug-likeness (QED) is 0.773. The summed E-state index contributed by atoms with van der Waals surface area (Å²) < 4.78 is 1.89. The van der Waals surface area contributed by atoms with E-state index in [1.807, 2.05) is 29.4 Å². The highest BCUT2D eigenvalue weighted by atomic mass is 32.2. The lowest BCUT2D eigenvalue weighted by molar-refractivity contribution is 0.0938. The van der Waals surface area contributed by atoms with Crippen LogP contribution in [-0.2, 0) is 6.54 Å². The fourth-order valence-electron chi connectivity index (χ4n) is 1.68. The van der Waals surface area contributed by atoms with E-state index in [1.54, 1.807) is 6.20 Å². The topological polar surface area (TPSA) is 46.9 Å². The molecule has 5 heteroatoms. The lowest BCUT2D eigenvalue weighted by atomic mass is 10.2. The number of nitrogens with zero attached hydrogens (tertiary/aromatic N) is 2. The van der Waals surface area contributed by atoms with E-state index in [0.29, 0.717) is 5.82 Å². The van der Waals surface area contributed by atoms with Gasteiger partial charge in [-0.05, 0) is 6.92 Å². The number of ketones is 1. The molecule has 1 fully saturated rings. The molecule has 0 amide bonds. The van der Waals surface area contributed by atoms with E-state index in [2.05, 4.69) is 10.3 Å². The van der Waals surface area contributed by atoms with E-state index in [4.69, 9.17) is 0 Å². The molecule has 2 heterocycles. The van der Waals surface area contributed by atoms with Crippen molar-refractivity contribution in [2.24, 2.45) is 0 Å². The average molecular weight is 225 g/mol. The number of Topliss-reactive ketones (excluding diaryl/α,β-unsaturated/α-hetero) is 1. The molecule has 15 heavy (non-hydrogen) atoms. The van der Waals surface area contributed by atoms with E-state index >= 15 is 0 Å². The Kier molecular flexibility index (Phi) is 3.43. The Morgan fingerprint density at radius 2 is 2.67 bits per heavy atom. The van der Waals surface area contributed by atoms with Crippen LogP contribution in [0.4, 0.5) is 0 Å². The number of thioether (sulfide) groups is 1. The first kappa shape index (κ1) is 10.7. The maximum atomic E-state index is 12.1. The predicted molar refractivity (Wildman–Crippen MR) is 61.3 cm³/mol. The molecule has 0 bridgehead atoms. The standard InChI is InChI=1S/C10H15N3OS/c1-2-13-5-3-12-10(13)9(14)8-7-15-6-4-11-8/h3,5,8,11H,2,4,6-7H2,1H3. The number of carbonyl (C=O) groups is 1. The van der Waals surface area contributed by atoms with Crippen molar-refractivity contribution >= 4 is 17.5 Å². The second-order valence-corrected chi connectivity index (χ2v) is 4.63. The highest BCUT2D eigenvalue weighted by Crippen LogP contribution is 2.11. The molecule has 1 unspecified atom stereocenters. The minimum absolute atomic E-state index is 0.0588. The van der Waals surface area contributed by atoms with Crippen LogP contribution < -0.4 is 5.32 Å². The molecular weight excluding hydrogens is 210 g/mol. The summed E-state index contributed by atoms with van der Waals surface area (Å²) in [4.78, 5) is 16.2. The summed E-state index contributed by atoms with van der Waals surface area (Å²) in [6, 6.07) is -0.0588. The molecule has 82 valence electrons. The Hall–Kier alpha value is -0.810. The number of aromatic nitrogens is 2. The Morgan fingerprint density at radius 1 is 1.80 bits per heavy atom. The smallest absolute Gasteiger partial charge is 0.215 e. The number of rotatable bonds is 3. The monoisotopic (exact) mass is 225 g/mol. The van der Waals surface area contributed by atoms with Gasteiger partial charge in [0.25, 0.3) is 0 Å². The maximum absolute atomic E-state index is 12.1. The molecular formula is C10H15N3OS. The summed E-state index contributed by atoms with van der Waals surface area (Å²) in [5, 5.41) is 3.23. The van der Waals surface area contributed by atoms with Crippen molar-refractivity contribution in [1.29, 1.82) is 0 Å². The normalized spacial score (nSPS) is 21.5. The molecule has 0 radical (unpaired) electrons. The molecule has 1 N–H and O–H groups in total. The highest BCUT2D eigenvalue weighted by Gasteiger charge is 2.25. The Bertz CT molecular complexity index is 344. The zero-order chi connectivity index (χ0) is 10.7. The van der Waals surface area contributed by atoms with Gasteiger partial charge in [0.2, 0.25) is 5.78 Å². The number of carbonyl (C=O) groups excluding carboxylic acids is 1. The number of aryl methyl sites for hydroxylation is 1. The largest absolute Gasteiger partial charge is 0.329 e. The number of hydrogen-bond donors (Lipinski definition) is 1. The fraction of sp³-hybridized carbons (Fsp3) is 0.600. The number of nitrogens with one attached hydrogen (secondary N) is 1. The summed E-state index contributed by atoms with van der Waals surface area (Å²) in [6.07, 6.45) is 3.54. The van der Waals surface area contributed by atoms with Crippen molar-refractivity contribution in [2.45, 2.75) is 19.5 Å². The van der Waals surface area contributed by atoms with Crippen molar-refractivity contribution in [3.8, 4) is 0 Å². The Labute approximate surface area is 93.5 Å². The van der Waals surface area contributed by atoms with E-state index in [0.717, 1.165) is 24.6 Å². The van der Waals surface area contributed by atoms with Crippen molar-refractivity contribution in [2.75, 3.05) is 18.1 Å². The van der Waals surface area contributed by atoms with Gasteiger partial charge < -0.3 is 9.88 Å². The van der Waals surface area contributed by atoms with Crippen molar-refractivity contribution in [3.63, 3.8) is 0 Å². The van der Waals surface area contributed by atoms with Gasteiger partial charge in [0.1, 0.15) is 0 Å². The number of imidazole rings is 1. The Balaban J connectivity index is 2.12. The first-order chi connectivity index (χ1) is 7.33. The van der Waals surface area contributed by atoms with Crippen molar-refractivity contribution in [3.05, 3.63) is 18.2 Å². The summed E-state index contributed by atoms with van der Waals surface area (Å²) in [5.74, 6) is 2.65. The molecule has 1 saturated heterocycles. The van der Waals surface area contributed by atoms with Crippen LogP contribution in [0.3, 0.4) is 0 Å². The van der Waals surface area contributed by atoms with Gasteiger partial charge in [0.05, 0.1) is 6.04 Å². The molecule has 1 atom stereocenters. The van der Waals surface area contributed by atoms with Gasteiger partial charge >= 0.3 is 0 Å². The lowest BCUT2D eigenvalue weighted by Gasteiger charge is -2.21. The predicted octanol–water partition coefficient (Wildman–Crippen LogP) is 0.791. The molecule has 0 aliphatic carbocycles. The van der Waals surface area contributed by atoms with Gasteiger partial charge in [-0.2, -0.15) is 11.8 Å². The SMILES string of the molecule is CCn1ccnc1C(=O)C1CSCCN1. The van der Waals surface area contributed by atoms with Gasteiger partial charge in [-0.1, -0.05) is 0 Å². The summed E-state index contributed by atoms with van der Waals surface area (Å²) in [5.41, 5.74) is 0. The second-order valence-electron chi connectivity index (χ2n) is 3.48. The van der Waals surface area contributed by atoms with Crippen LogP contribution in [0.25, 0.3) is 0 Å². The maximum Gasteiger partial charge on any atom is 0.215 e. The minimum Gasteiger partial charge on any atom is -0.329 e. The second kappa shape index (κ2) is 4.81. The minimum atomic E-state index is -0.0588. The van der Waals surface area contributed by atoms with Gasteiger partial charge in [-0.25, -0.2) is 4.98 Å². The van der Waals surface area contributed by atoms with Crippen LogP contribution in [0.5, 0.6) is 0 Å². The third kappa shape index (κ3) is 2.23. The summed E-state index contributed by atoms with van der Waals surface area (Å²) in [6.45, 7) is 3.72. The third-order valence-electron chi connectivity index (χ3n) is 2.51. The van der Waals surface area contributed by atoms with Crippen molar-refractivity contribution < 1.29 is 4.79 Å². The van der Waals surface area contributed by atoms with Gasteiger partial charge in [-0.15, -0.1) is 0 Å². The molecule has 1 aromatic rings. The van der Waals surface area contributed by atoms with E-state index < -0.39 is 0 Å². The summed E-state index contributed by atoms with van der Waals surface area (Å²) >= 11 is 1.82. The molecule has 0 spiro atoms. The van der Waals surface area contributed by atoms with E-state index in [9.17, 15) is 4.79 Å². The molecule has 2 rings (SSSR count). The van der Waals surface area contributed by atoms with Crippen LogP contribution in [0.1, 0.15) is 17.5 Å². The third-order valence-corrected chi connectivity index (χ3v) is 3.58. The molecule has 0 aromatic carbocycles. The van der Waals surface area contributed by atoms with E-state index in [1.165, 1.54) is 0 Å².